The number of anilines is 2. The van der Waals surface area contributed by atoms with Gasteiger partial charge in [0.2, 0.25) is 11.8 Å². The van der Waals surface area contributed by atoms with E-state index in [1.165, 1.54) is 11.8 Å². The average molecular weight is 495 g/mol. The molecule has 0 saturated carbocycles. The van der Waals surface area contributed by atoms with E-state index >= 15 is 0 Å². The minimum Gasteiger partial charge on any atom is -0.481 e. The third-order valence-electron chi connectivity index (χ3n) is 6.20. The van der Waals surface area contributed by atoms with Gasteiger partial charge in [-0.05, 0) is 61.6 Å². The van der Waals surface area contributed by atoms with E-state index in [0.717, 1.165) is 21.5 Å². The van der Waals surface area contributed by atoms with Gasteiger partial charge >= 0.3 is 6.09 Å². The zero-order valence-electron chi connectivity index (χ0n) is 19.3. The summed E-state index contributed by atoms with van der Waals surface area (Å²) in [6.45, 7) is 0.407. The summed E-state index contributed by atoms with van der Waals surface area (Å²) < 4.78 is 10.8. The van der Waals surface area contributed by atoms with Crippen LogP contribution in [0.3, 0.4) is 0 Å². The van der Waals surface area contributed by atoms with Gasteiger partial charge in [-0.25, -0.2) is 9.78 Å². The molecule has 2 aliphatic rings. The number of cyclic esters (lactones) is 1. The number of carbonyl (C=O) groups excluding carboxylic acids is 2. The number of pyridine rings is 2. The minimum atomic E-state index is -0.535. The van der Waals surface area contributed by atoms with Crippen LogP contribution in [0.25, 0.3) is 11.0 Å². The van der Waals surface area contributed by atoms with Crippen molar-refractivity contribution in [2.45, 2.75) is 42.8 Å². The van der Waals surface area contributed by atoms with Gasteiger partial charge in [0.15, 0.2) is 0 Å². The maximum Gasteiger partial charge on any atom is 0.414 e. The monoisotopic (exact) mass is 494 g/mol. The maximum atomic E-state index is 12.5. The second-order valence-corrected chi connectivity index (χ2v) is 9.61. The molecule has 9 nitrogen and oxygen atoms in total. The molecule has 2 atom stereocenters. The Kier molecular flexibility index (Phi) is 6.74. The third kappa shape index (κ3) is 5.18. The average Bonchev–Trinajstić information content (AvgIpc) is 3.25. The molecule has 0 bridgehead atoms. The zero-order chi connectivity index (χ0) is 24.4. The number of nitrogens with one attached hydrogen (secondary N) is 1. The quantitative estimate of drug-likeness (QED) is 0.486. The lowest BCUT2D eigenvalue weighted by atomic mass is 10.0. The number of hydrogen-bond acceptors (Lipinski definition) is 8. The van der Waals surface area contributed by atoms with Crippen molar-refractivity contribution in [1.29, 1.82) is 0 Å². The molecule has 2 aromatic heterocycles. The number of fused-ring (bicyclic) bond motifs is 2. The number of rotatable bonds is 8. The normalized spacial score (nSPS) is 18.2. The van der Waals surface area contributed by atoms with Gasteiger partial charge in [0.25, 0.3) is 0 Å². The van der Waals surface area contributed by atoms with Crippen molar-refractivity contribution in [3.63, 3.8) is 0 Å². The predicted octanol–water partition coefficient (Wildman–Crippen LogP) is 3.78. The Morgan fingerprint density at radius 1 is 1.26 bits per heavy atom. The molecule has 4 heterocycles. The Bertz CT molecular complexity index is 1270. The summed E-state index contributed by atoms with van der Waals surface area (Å²) >= 11 is 1.48. The topological polar surface area (TPSA) is 114 Å². The lowest BCUT2D eigenvalue weighted by molar-refractivity contribution is -0.113. The number of carbonyl (C=O) groups is 2. The van der Waals surface area contributed by atoms with Crippen LogP contribution in [0.4, 0.5) is 16.2 Å². The predicted molar refractivity (Wildman–Crippen MR) is 133 cm³/mol. The lowest BCUT2D eigenvalue weighted by Crippen LogP contribution is -2.25. The molecule has 0 unspecified atom stereocenters. The number of benzene rings is 1. The van der Waals surface area contributed by atoms with E-state index in [-0.39, 0.29) is 12.0 Å². The Morgan fingerprint density at radius 2 is 2.14 bits per heavy atom. The highest BCUT2D eigenvalue weighted by atomic mass is 32.2. The van der Waals surface area contributed by atoms with Gasteiger partial charge in [-0.2, -0.15) is 0 Å². The summed E-state index contributed by atoms with van der Waals surface area (Å²) in [7, 11) is 1.58. The van der Waals surface area contributed by atoms with Crippen molar-refractivity contribution in [1.82, 2.24) is 9.97 Å². The van der Waals surface area contributed by atoms with Gasteiger partial charge in [-0.1, -0.05) is 0 Å². The SMILES string of the molecule is COc1ccc2nccc(CC[C@H](O)CC[C@H]3CN(c4ccc5c(c4)NC(=O)CS5)C(=O)O3)c2n1. The molecule has 5 rings (SSSR count). The van der Waals surface area contributed by atoms with E-state index in [4.69, 9.17) is 9.47 Å². The highest BCUT2D eigenvalue weighted by Gasteiger charge is 2.33. The number of aliphatic hydroxyl groups excluding tert-OH is 1. The van der Waals surface area contributed by atoms with Gasteiger partial charge in [-0.3, -0.25) is 14.7 Å². The van der Waals surface area contributed by atoms with Gasteiger partial charge in [0.1, 0.15) is 6.10 Å². The van der Waals surface area contributed by atoms with Crippen LogP contribution in [-0.2, 0) is 16.0 Å². The maximum absolute atomic E-state index is 12.5. The van der Waals surface area contributed by atoms with Crippen LogP contribution in [0, 0.1) is 0 Å². The van der Waals surface area contributed by atoms with Crippen molar-refractivity contribution in [3.05, 3.63) is 48.2 Å². The molecule has 0 spiro atoms. The van der Waals surface area contributed by atoms with Crippen molar-refractivity contribution in [3.8, 4) is 5.88 Å². The number of hydrogen-bond donors (Lipinski definition) is 2. The molecule has 1 saturated heterocycles. The van der Waals surface area contributed by atoms with Crippen LogP contribution in [0.2, 0.25) is 0 Å². The largest absolute Gasteiger partial charge is 0.481 e. The number of aliphatic hydroxyl groups is 1. The van der Waals surface area contributed by atoms with Crippen LogP contribution in [-0.4, -0.2) is 58.7 Å². The van der Waals surface area contributed by atoms with E-state index < -0.39 is 12.2 Å². The smallest absolute Gasteiger partial charge is 0.414 e. The fourth-order valence-corrected chi connectivity index (χ4v) is 5.13. The highest BCUT2D eigenvalue weighted by molar-refractivity contribution is 8.00. The van der Waals surface area contributed by atoms with Crippen LogP contribution in [0.5, 0.6) is 5.88 Å². The molecular formula is C25H26N4O5S. The second-order valence-electron chi connectivity index (χ2n) is 8.59. The summed E-state index contributed by atoms with van der Waals surface area (Å²) in [5, 5.41) is 13.4. The molecule has 2 aliphatic heterocycles. The Balaban J connectivity index is 1.15. The van der Waals surface area contributed by atoms with E-state index in [2.05, 4.69) is 15.3 Å². The first kappa shape index (κ1) is 23.4. The summed E-state index contributed by atoms with van der Waals surface area (Å²) in [5.41, 5.74) is 3.97. The van der Waals surface area contributed by atoms with E-state index in [1.807, 2.05) is 24.3 Å². The van der Waals surface area contributed by atoms with Crippen LogP contribution in [0.15, 0.2) is 47.5 Å². The number of ether oxygens (including phenoxy) is 2. The molecule has 0 radical (unpaired) electrons. The number of aromatic nitrogens is 2. The molecule has 182 valence electrons. The second kappa shape index (κ2) is 10.1. The van der Waals surface area contributed by atoms with Crippen LogP contribution >= 0.6 is 11.8 Å². The summed E-state index contributed by atoms with van der Waals surface area (Å²) in [6, 6.07) is 11.1. The summed E-state index contributed by atoms with van der Waals surface area (Å²) in [6.07, 6.45) is 2.78. The van der Waals surface area contributed by atoms with Gasteiger partial charge in [0.05, 0.1) is 42.2 Å². The molecular weight excluding hydrogens is 468 g/mol. The standard InChI is InChI=1S/C25H26N4O5S/c1-33-23-9-7-19-24(28-23)15(10-11-26-19)2-4-17(30)5-6-18-13-29(25(32)34-18)16-3-8-21-20(12-16)27-22(31)14-35-21/h3,7-12,17-18,30H,2,4-6,13-14H2,1H3,(H,27,31)/t17-,18-/m0/s1. The third-order valence-corrected chi connectivity index (χ3v) is 7.28. The number of methoxy groups -OCH3 is 1. The van der Waals surface area contributed by atoms with E-state index in [1.54, 1.807) is 30.3 Å². The summed E-state index contributed by atoms with van der Waals surface area (Å²) in [4.78, 5) is 35.6. The lowest BCUT2D eigenvalue weighted by Gasteiger charge is -2.20. The molecule has 10 heteroatoms. The fourth-order valence-electron chi connectivity index (χ4n) is 4.34. The Hall–Kier alpha value is -3.37. The van der Waals surface area contributed by atoms with E-state index in [0.29, 0.717) is 55.2 Å². The number of nitrogens with zero attached hydrogens (tertiary/aromatic N) is 3. The molecule has 1 aromatic carbocycles. The molecule has 2 N–H and O–H groups in total. The summed E-state index contributed by atoms with van der Waals surface area (Å²) in [5.74, 6) is 0.870. The van der Waals surface area contributed by atoms with Gasteiger partial charge in [-0.15, -0.1) is 11.8 Å². The van der Waals surface area contributed by atoms with Crippen molar-refractivity contribution < 1.29 is 24.2 Å². The first-order valence-corrected chi connectivity index (χ1v) is 12.5. The van der Waals surface area contributed by atoms with Crippen molar-refractivity contribution in [2.75, 3.05) is 29.6 Å². The number of amides is 2. The Morgan fingerprint density at radius 3 is 3.00 bits per heavy atom. The molecule has 1 fully saturated rings. The van der Waals surface area contributed by atoms with Crippen LogP contribution in [0.1, 0.15) is 24.8 Å². The van der Waals surface area contributed by atoms with Crippen LogP contribution < -0.4 is 15.0 Å². The number of thioether (sulfide) groups is 1. The molecule has 2 amide bonds. The zero-order valence-corrected chi connectivity index (χ0v) is 20.1. The van der Waals surface area contributed by atoms with Crippen molar-refractivity contribution >= 4 is 46.2 Å². The van der Waals surface area contributed by atoms with Gasteiger partial charge in [0, 0.05) is 22.8 Å². The Labute approximate surface area is 206 Å². The molecule has 0 aliphatic carbocycles. The minimum absolute atomic E-state index is 0.0507. The molecule has 3 aromatic rings. The molecule has 35 heavy (non-hydrogen) atoms. The first-order chi connectivity index (χ1) is 17.0. The highest BCUT2D eigenvalue weighted by Crippen LogP contribution is 2.35. The van der Waals surface area contributed by atoms with Gasteiger partial charge < -0.3 is 19.9 Å². The fraction of sp³-hybridized carbons (Fsp3) is 0.360. The van der Waals surface area contributed by atoms with Crippen molar-refractivity contribution in [2.24, 2.45) is 0 Å². The number of aryl methyl sites for hydroxylation is 1. The van der Waals surface area contributed by atoms with E-state index in [9.17, 15) is 14.7 Å². The first-order valence-electron chi connectivity index (χ1n) is 11.5.